The van der Waals surface area contributed by atoms with Gasteiger partial charge in [-0.1, -0.05) is 13.8 Å². The van der Waals surface area contributed by atoms with Crippen LogP contribution in [0.4, 0.5) is 22.0 Å². The smallest absolute Gasteiger partial charge is 0.283 e. The van der Waals surface area contributed by atoms with Gasteiger partial charge in [-0.25, -0.2) is 22.0 Å². The Kier molecular flexibility index (Phi) is 4.72. The van der Waals surface area contributed by atoms with E-state index in [9.17, 15) is 30.4 Å². The van der Waals surface area contributed by atoms with E-state index in [2.05, 4.69) is 0 Å². The fourth-order valence-electron chi connectivity index (χ4n) is 2.11. The van der Waals surface area contributed by atoms with Crippen LogP contribution in [0.5, 0.6) is 0 Å². The lowest BCUT2D eigenvalue weighted by Gasteiger charge is -2.45. The van der Waals surface area contributed by atoms with Crippen molar-refractivity contribution in [3.63, 3.8) is 0 Å². The summed E-state index contributed by atoms with van der Waals surface area (Å²) in [4.78, 5) is 0. The molecule has 0 saturated carbocycles. The molecule has 0 radical (unpaired) electrons. The van der Waals surface area contributed by atoms with Crippen molar-refractivity contribution in [2.24, 2.45) is 0 Å². The van der Waals surface area contributed by atoms with E-state index in [0.717, 1.165) is 13.8 Å². The normalized spacial score (nSPS) is 23.3. The third-order valence-corrected chi connectivity index (χ3v) is 4.98. The van der Waals surface area contributed by atoms with Crippen LogP contribution < -0.4 is 0 Å². The number of hydrogen-bond donors (Lipinski definition) is 1. The second-order valence-electron chi connectivity index (χ2n) is 4.60. The second kappa shape index (κ2) is 4.83. The van der Waals surface area contributed by atoms with E-state index in [0.29, 0.717) is 0 Å². The van der Waals surface area contributed by atoms with Crippen molar-refractivity contribution in [2.75, 3.05) is 0 Å². The minimum absolute atomic E-state index is 0.0222. The van der Waals surface area contributed by atoms with Crippen LogP contribution in [0, 0.1) is 0 Å². The first-order chi connectivity index (χ1) is 8.12. The molecule has 0 fully saturated rings. The Hall–Kier alpha value is -0.440. The third-order valence-electron chi connectivity index (χ3n) is 3.49. The molecule has 3 atom stereocenters. The molecular formula is C10H17F5O3S. The molecule has 0 aliphatic rings. The molecule has 0 rings (SSSR count). The Balaban J connectivity index is 6.25. The Morgan fingerprint density at radius 3 is 1.47 bits per heavy atom. The van der Waals surface area contributed by atoms with Gasteiger partial charge in [-0.2, -0.15) is 8.42 Å². The highest BCUT2D eigenvalue weighted by atomic mass is 32.2. The minimum atomic E-state index is -5.74. The highest BCUT2D eigenvalue weighted by Crippen LogP contribution is 2.53. The molecule has 0 aliphatic carbocycles. The maximum Gasteiger partial charge on any atom is 0.303 e. The van der Waals surface area contributed by atoms with Gasteiger partial charge in [0.25, 0.3) is 10.9 Å². The molecule has 116 valence electrons. The van der Waals surface area contributed by atoms with E-state index in [-0.39, 0.29) is 13.8 Å². The fraction of sp³-hybridized carbons (Fsp3) is 1.00. The molecule has 0 aromatic carbocycles. The predicted molar refractivity (Wildman–Crippen MR) is 59.9 cm³/mol. The Morgan fingerprint density at radius 1 is 0.947 bits per heavy atom. The van der Waals surface area contributed by atoms with Crippen molar-refractivity contribution in [3.8, 4) is 0 Å². The summed E-state index contributed by atoms with van der Waals surface area (Å²) < 4.78 is 100. The Bertz CT molecular complexity index is 431. The van der Waals surface area contributed by atoms with E-state index in [4.69, 9.17) is 4.55 Å². The van der Waals surface area contributed by atoms with Gasteiger partial charge < -0.3 is 0 Å². The van der Waals surface area contributed by atoms with Gasteiger partial charge in [-0.05, 0) is 19.8 Å². The molecule has 0 saturated heterocycles. The second-order valence-corrected chi connectivity index (χ2v) is 6.20. The number of halogens is 5. The van der Waals surface area contributed by atoms with Gasteiger partial charge in [0, 0.05) is 6.92 Å². The summed E-state index contributed by atoms with van der Waals surface area (Å²) >= 11 is 0. The molecule has 3 unspecified atom stereocenters. The lowest BCUT2D eigenvalue weighted by molar-refractivity contribution is -0.216. The molecule has 0 amide bonds. The van der Waals surface area contributed by atoms with Crippen LogP contribution in [0.2, 0.25) is 0 Å². The van der Waals surface area contributed by atoms with Gasteiger partial charge in [-0.15, -0.1) is 0 Å². The van der Waals surface area contributed by atoms with Gasteiger partial charge in [0.1, 0.15) is 0 Å². The van der Waals surface area contributed by atoms with Crippen molar-refractivity contribution < 1.29 is 34.9 Å². The van der Waals surface area contributed by atoms with Crippen LogP contribution in [0.1, 0.15) is 40.5 Å². The van der Waals surface area contributed by atoms with Crippen LogP contribution in [0.25, 0.3) is 0 Å². The zero-order chi connectivity index (χ0) is 15.9. The first kappa shape index (κ1) is 18.6. The summed E-state index contributed by atoms with van der Waals surface area (Å²) in [7, 11) is -5.74. The average Bonchev–Trinajstić information content (AvgIpc) is 2.22. The van der Waals surface area contributed by atoms with Crippen LogP contribution in [0.3, 0.4) is 0 Å². The molecule has 9 heteroatoms. The molecule has 3 nitrogen and oxygen atoms in total. The zero-order valence-electron chi connectivity index (χ0n) is 11.0. The highest BCUT2D eigenvalue weighted by Gasteiger charge is 2.74. The summed E-state index contributed by atoms with van der Waals surface area (Å²) in [6.07, 6.45) is -2.40. The van der Waals surface area contributed by atoms with Gasteiger partial charge >= 0.3 is 10.1 Å². The van der Waals surface area contributed by atoms with Gasteiger partial charge in [0.15, 0.2) is 5.67 Å². The third kappa shape index (κ3) is 2.46. The van der Waals surface area contributed by atoms with Crippen LogP contribution in [0.15, 0.2) is 0 Å². The highest BCUT2D eigenvalue weighted by molar-refractivity contribution is 7.87. The summed E-state index contributed by atoms with van der Waals surface area (Å²) in [5.41, 5.74) is -8.24. The lowest BCUT2D eigenvalue weighted by Crippen LogP contribution is -2.67. The first-order valence-electron chi connectivity index (χ1n) is 5.54. The van der Waals surface area contributed by atoms with Crippen molar-refractivity contribution in [1.82, 2.24) is 0 Å². The number of alkyl halides is 5. The zero-order valence-corrected chi connectivity index (χ0v) is 11.8. The molecule has 0 heterocycles. The first-order valence-corrected chi connectivity index (χ1v) is 6.98. The number of rotatable bonds is 6. The molecule has 0 aromatic rings. The minimum Gasteiger partial charge on any atom is -0.283 e. The monoisotopic (exact) mass is 312 g/mol. The van der Waals surface area contributed by atoms with Crippen LogP contribution in [-0.2, 0) is 10.1 Å². The van der Waals surface area contributed by atoms with E-state index in [1.165, 1.54) is 0 Å². The predicted octanol–water partition coefficient (Wildman–Crippen LogP) is 3.45. The average molecular weight is 312 g/mol. The van der Waals surface area contributed by atoms with Crippen LogP contribution >= 0.6 is 0 Å². The topological polar surface area (TPSA) is 54.4 Å². The van der Waals surface area contributed by atoms with E-state index < -0.39 is 45.2 Å². The SMILES string of the molecule is CCC(F)(C(C)(F)F)C(C)(F)C(F)(CC)S(=O)(=O)O. The Labute approximate surface area is 108 Å². The van der Waals surface area contributed by atoms with Crippen molar-refractivity contribution in [2.45, 2.75) is 62.8 Å². The van der Waals surface area contributed by atoms with E-state index in [1.807, 2.05) is 0 Å². The molecule has 0 aromatic heterocycles. The molecule has 0 aliphatic heterocycles. The largest absolute Gasteiger partial charge is 0.303 e. The maximum absolute atomic E-state index is 14.4. The lowest BCUT2D eigenvalue weighted by atomic mass is 9.76. The Morgan fingerprint density at radius 2 is 1.32 bits per heavy atom. The summed E-state index contributed by atoms with van der Waals surface area (Å²) in [6, 6.07) is 0. The summed E-state index contributed by atoms with van der Waals surface area (Å²) in [5.74, 6) is -4.34. The standard InChI is InChI=1S/C10H17F5O3S/c1-5-9(14,8(4,12)13)7(3,11)10(15,6-2)19(16,17)18/h5-6H2,1-4H3,(H,16,17,18). The fourth-order valence-corrected chi connectivity index (χ4v) is 3.12. The number of hydrogen-bond acceptors (Lipinski definition) is 2. The maximum atomic E-state index is 14.4. The van der Waals surface area contributed by atoms with E-state index in [1.54, 1.807) is 0 Å². The van der Waals surface area contributed by atoms with E-state index >= 15 is 0 Å². The van der Waals surface area contributed by atoms with Crippen molar-refractivity contribution in [1.29, 1.82) is 0 Å². The van der Waals surface area contributed by atoms with Gasteiger partial charge in [-0.3, -0.25) is 4.55 Å². The molecule has 19 heavy (non-hydrogen) atoms. The summed E-state index contributed by atoms with van der Waals surface area (Å²) in [5, 5.41) is -4.18. The molecule has 0 bridgehead atoms. The molecule has 0 spiro atoms. The van der Waals surface area contributed by atoms with Crippen molar-refractivity contribution in [3.05, 3.63) is 0 Å². The molecule has 1 N–H and O–H groups in total. The quantitative estimate of drug-likeness (QED) is 0.604. The van der Waals surface area contributed by atoms with Gasteiger partial charge in [0.05, 0.1) is 0 Å². The molecular weight excluding hydrogens is 295 g/mol. The van der Waals surface area contributed by atoms with Crippen molar-refractivity contribution >= 4 is 10.1 Å². The van der Waals surface area contributed by atoms with Crippen LogP contribution in [-0.4, -0.2) is 35.2 Å². The summed E-state index contributed by atoms with van der Waals surface area (Å²) in [6.45, 7) is 1.73. The van der Waals surface area contributed by atoms with Gasteiger partial charge in [0.2, 0.25) is 5.67 Å².